The zero-order chi connectivity index (χ0) is 21.6. The van der Waals surface area contributed by atoms with Crippen molar-refractivity contribution in [2.75, 3.05) is 49.9 Å². The second-order valence-electron chi connectivity index (χ2n) is 7.00. The van der Waals surface area contributed by atoms with Gasteiger partial charge >= 0.3 is 6.09 Å². The molecule has 2 amide bonds. The number of carbonyl (C=O) groups excluding carboxylic acids is 2. The fourth-order valence-corrected chi connectivity index (χ4v) is 3.80. The number of ether oxygens (including phenoxy) is 2. The highest BCUT2D eigenvalue weighted by molar-refractivity contribution is 7.92. The topological polar surface area (TPSA) is 96.5 Å². The molecule has 0 spiro atoms. The van der Waals surface area contributed by atoms with Crippen LogP contribution in [0.15, 0.2) is 24.3 Å². The number of amides is 2. The fourth-order valence-electron chi connectivity index (χ4n) is 2.96. The standard InChI is InChI=1S/C19H29N3O6S/c1-5-27-19(24)21-11-9-20(10-12-21)18(23)14-22(29(4,25)26)16-7-6-8-17(13-16)28-15(2)3/h6-8,13,15H,5,9-12,14H2,1-4H3. The van der Waals surface area contributed by atoms with Gasteiger partial charge in [0.25, 0.3) is 0 Å². The summed E-state index contributed by atoms with van der Waals surface area (Å²) in [4.78, 5) is 27.6. The summed E-state index contributed by atoms with van der Waals surface area (Å²) in [7, 11) is -3.68. The number of carbonyl (C=O) groups is 2. The number of nitrogens with zero attached hydrogens (tertiary/aromatic N) is 3. The molecule has 0 radical (unpaired) electrons. The molecule has 0 aliphatic carbocycles. The lowest BCUT2D eigenvalue weighted by atomic mass is 10.3. The van der Waals surface area contributed by atoms with Crippen LogP contribution in [0.3, 0.4) is 0 Å². The molecular weight excluding hydrogens is 398 g/mol. The van der Waals surface area contributed by atoms with E-state index in [0.29, 0.717) is 44.2 Å². The number of anilines is 1. The monoisotopic (exact) mass is 427 g/mol. The summed E-state index contributed by atoms with van der Waals surface area (Å²) in [5.41, 5.74) is 0.365. The van der Waals surface area contributed by atoms with E-state index in [1.165, 1.54) is 4.90 Å². The van der Waals surface area contributed by atoms with E-state index in [4.69, 9.17) is 9.47 Å². The Labute approximate surface area is 172 Å². The van der Waals surface area contributed by atoms with Crippen LogP contribution < -0.4 is 9.04 Å². The minimum absolute atomic E-state index is 0.0609. The SMILES string of the molecule is CCOC(=O)N1CCN(C(=O)CN(c2cccc(OC(C)C)c2)S(C)(=O)=O)CC1. The molecule has 0 unspecified atom stereocenters. The molecule has 2 rings (SSSR count). The molecule has 1 saturated heterocycles. The third kappa shape index (κ3) is 6.52. The molecular formula is C19H29N3O6S. The molecule has 0 N–H and O–H groups in total. The van der Waals surface area contributed by atoms with Crippen molar-refractivity contribution in [2.45, 2.75) is 26.9 Å². The molecule has 1 heterocycles. The van der Waals surface area contributed by atoms with Gasteiger partial charge in [-0.05, 0) is 32.9 Å². The maximum atomic E-state index is 12.7. The molecule has 1 aliphatic heterocycles. The van der Waals surface area contributed by atoms with E-state index < -0.39 is 16.1 Å². The van der Waals surface area contributed by atoms with Crippen molar-refractivity contribution in [3.8, 4) is 5.75 Å². The summed E-state index contributed by atoms with van der Waals surface area (Å²) < 4.78 is 36.3. The minimum atomic E-state index is -3.68. The highest BCUT2D eigenvalue weighted by atomic mass is 32.2. The molecule has 29 heavy (non-hydrogen) atoms. The highest BCUT2D eigenvalue weighted by Crippen LogP contribution is 2.24. The smallest absolute Gasteiger partial charge is 0.409 e. The highest BCUT2D eigenvalue weighted by Gasteiger charge is 2.28. The van der Waals surface area contributed by atoms with E-state index in [-0.39, 0.29) is 18.6 Å². The van der Waals surface area contributed by atoms with Crippen molar-refractivity contribution in [1.29, 1.82) is 0 Å². The number of hydrogen-bond acceptors (Lipinski definition) is 6. The van der Waals surface area contributed by atoms with E-state index in [1.807, 2.05) is 13.8 Å². The predicted octanol–water partition coefficient (Wildman–Crippen LogP) is 1.54. The van der Waals surface area contributed by atoms with Crippen LogP contribution in [0.4, 0.5) is 10.5 Å². The molecule has 1 aromatic rings. The van der Waals surface area contributed by atoms with E-state index in [0.717, 1.165) is 10.6 Å². The molecule has 1 aromatic carbocycles. The normalized spacial score (nSPS) is 14.7. The van der Waals surface area contributed by atoms with E-state index in [1.54, 1.807) is 36.1 Å². The molecule has 162 valence electrons. The first-order valence-corrected chi connectivity index (χ1v) is 11.4. The van der Waals surface area contributed by atoms with Gasteiger partial charge < -0.3 is 19.3 Å². The van der Waals surface area contributed by atoms with E-state index >= 15 is 0 Å². The van der Waals surface area contributed by atoms with Crippen LogP contribution in [-0.2, 0) is 19.6 Å². The summed E-state index contributed by atoms with van der Waals surface area (Å²) in [6.07, 6.45) is 0.600. The molecule has 0 aromatic heterocycles. The third-order valence-corrected chi connectivity index (χ3v) is 5.46. The lowest BCUT2D eigenvalue weighted by Crippen LogP contribution is -2.53. The van der Waals surface area contributed by atoms with Crippen LogP contribution in [0.2, 0.25) is 0 Å². The summed E-state index contributed by atoms with van der Waals surface area (Å²) in [5, 5.41) is 0. The number of hydrogen-bond donors (Lipinski definition) is 0. The Kier molecular flexibility index (Phi) is 7.72. The lowest BCUT2D eigenvalue weighted by Gasteiger charge is -2.35. The van der Waals surface area contributed by atoms with Gasteiger partial charge in [0.05, 0.1) is 24.7 Å². The maximum Gasteiger partial charge on any atom is 0.409 e. The maximum absolute atomic E-state index is 12.7. The van der Waals surface area contributed by atoms with Crippen LogP contribution in [0.5, 0.6) is 5.75 Å². The van der Waals surface area contributed by atoms with Crippen LogP contribution in [0.25, 0.3) is 0 Å². The second-order valence-corrected chi connectivity index (χ2v) is 8.91. The largest absolute Gasteiger partial charge is 0.491 e. The van der Waals surface area contributed by atoms with Gasteiger partial charge in [-0.1, -0.05) is 6.07 Å². The van der Waals surface area contributed by atoms with Gasteiger partial charge in [0.15, 0.2) is 0 Å². The first kappa shape index (κ1) is 22.8. The summed E-state index contributed by atoms with van der Waals surface area (Å²) in [5.74, 6) is 0.204. The minimum Gasteiger partial charge on any atom is -0.491 e. The van der Waals surface area contributed by atoms with Crippen molar-refractivity contribution in [3.63, 3.8) is 0 Å². The Morgan fingerprint density at radius 1 is 1.14 bits per heavy atom. The van der Waals surface area contributed by atoms with Crippen molar-refractivity contribution in [1.82, 2.24) is 9.80 Å². The summed E-state index contributed by atoms with van der Waals surface area (Å²) in [6, 6.07) is 6.65. The van der Waals surface area contributed by atoms with Crippen LogP contribution in [0, 0.1) is 0 Å². The average molecular weight is 428 g/mol. The summed E-state index contributed by atoms with van der Waals surface area (Å²) in [6.45, 7) is 6.81. The Morgan fingerprint density at radius 3 is 2.31 bits per heavy atom. The zero-order valence-corrected chi connectivity index (χ0v) is 18.1. The van der Waals surface area contributed by atoms with Crippen molar-refractivity contribution >= 4 is 27.7 Å². The molecule has 0 saturated carbocycles. The molecule has 0 atom stereocenters. The quantitative estimate of drug-likeness (QED) is 0.655. The molecule has 1 aliphatic rings. The summed E-state index contributed by atoms with van der Waals surface area (Å²) >= 11 is 0. The predicted molar refractivity (Wildman–Crippen MR) is 110 cm³/mol. The number of piperazine rings is 1. The Bertz CT molecular complexity index is 819. The van der Waals surface area contributed by atoms with Crippen LogP contribution in [0.1, 0.15) is 20.8 Å². The van der Waals surface area contributed by atoms with E-state index in [9.17, 15) is 18.0 Å². The Morgan fingerprint density at radius 2 is 1.76 bits per heavy atom. The first-order valence-electron chi connectivity index (χ1n) is 9.55. The van der Waals surface area contributed by atoms with Crippen LogP contribution in [-0.4, -0.2) is 81.9 Å². The van der Waals surface area contributed by atoms with Gasteiger partial charge in [-0.25, -0.2) is 13.2 Å². The number of rotatable bonds is 7. The van der Waals surface area contributed by atoms with Gasteiger partial charge in [0.1, 0.15) is 12.3 Å². The first-order chi connectivity index (χ1) is 13.6. The molecule has 0 bridgehead atoms. The average Bonchev–Trinajstić information content (AvgIpc) is 2.65. The second kappa shape index (κ2) is 9.82. The van der Waals surface area contributed by atoms with Gasteiger partial charge in [-0.3, -0.25) is 9.10 Å². The fraction of sp³-hybridized carbons (Fsp3) is 0.579. The molecule has 1 fully saturated rings. The van der Waals surface area contributed by atoms with Gasteiger partial charge in [0, 0.05) is 32.2 Å². The molecule has 9 nitrogen and oxygen atoms in total. The number of sulfonamides is 1. The van der Waals surface area contributed by atoms with Crippen molar-refractivity contribution < 1.29 is 27.5 Å². The third-order valence-electron chi connectivity index (χ3n) is 4.31. The van der Waals surface area contributed by atoms with Gasteiger partial charge in [-0.15, -0.1) is 0 Å². The number of benzene rings is 1. The zero-order valence-electron chi connectivity index (χ0n) is 17.3. The van der Waals surface area contributed by atoms with Crippen LogP contribution >= 0.6 is 0 Å². The van der Waals surface area contributed by atoms with Crippen molar-refractivity contribution in [3.05, 3.63) is 24.3 Å². The Hall–Kier alpha value is -2.49. The Balaban J connectivity index is 2.08. The van der Waals surface area contributed by atoms with Crippen molar-refractivity contribution in [2.24, 2.45) is 0 Å². The lowest BCUT2D eigenvalue weighted by molar-refractivity contribution is -0.131. The van der Waals surface area contributed by atoms with Gasteiger partial charge in [-0.2, -0.15) is 0 Å². The van der Waals surface area contributed by atoms with E-state index in [2.05, 4.69) is 0 Å². The molecule has 10 heteroatoms. The van der Waals surface area contributed by atoms with Gasteiger partial charge in [0.2, 0.25) is 15.9 Å².